The minimum Gasteiger partial charge on any atom is -0.508 e. The molecule has 0 radical (unpaired) electrons. The highest BCUT2D eigenvalue weighted by molar-refractivity contribution is 5.26. The Bertz CT molecular complexity index is 337. The lowest BCUT2D eigenvalue weighted by atomic mass is 9.89. The zero-order valence-electron chi connectivity index (χ0n) is 11.0. The van der Waals surface area contributed by atoms with Gasteiger partial charge in [-0.25, -0.2) is 0 Å². The van der Waals surface area contributed by atoms with Crippen LogP contribution in [-0.4, -0.2) is 25.4 Å². The Morgan fingerprint density at radius 3 is 2.76 bits per heavy atom. The van der Waals surface area contributed by atoms with Gasteiger partial charge >= 0.3 is 0 Å². The molecule has 0 aliphatic rings. The molecule has 1 rings (SSSR count). The first kappa shape index (κ1) is 14.0. The first-order valence-electron chi connectivity index (χ1n) is 6.01. The third kappa shape index (κ3) is 5.71. The van der Waals surface area contributed by atoms with Crippen molar-refractivity contribution < 1.29 is 9.84 Å². The van der Waals surface area contributed by atoms with Gasteiger partial charge in [0, 0.05) is 26.8 Å². The van der Waals surface area contributed by atoms with Crippen molar-refractivity contribution in [2.24, 2.45) is 5.41 Å². The van der Waals surface area contributed by atoms with Crippen LogP contribution in [0.5, 0.6) is 5.75 Å². The molecule has 3 heteroatoms. The van der Waals surface area contributed by atoms with E-state index in [-0.39, 0.29) is 5.41 Å². The summed E-state index contributed by atoms with van der Waals surface area (Å²) in [6, 6.07) is 7.35. The fourth-order valence-electron chi connectivity index (χ4n) is 1.68. The van der Waals surface area contributed by atoms with Crippen molar-refractivity contribution in [3.8, 4) is 5.75 Å². The van der Waals surface area contributed by atoms with Crippen LogP contribution in [0.1, 0.15) is 25.8 Å². The smallest absolute Gasteiger partial charge is 0.115 e. The summed E-state index contributed by atoms with van der Waals surface area (Å²) in [7, 11) is 1.73. The summed E-state index contributed by atoms with van der Waals surface area (Å²) < 4.78 is 5.10. The SMILES string of the molecule is COCCC(C)(C)CNCc1cccc(O)c1. The van der Waals surface area contributed by atoms with Crippen LogP contribution in [0.4, 0.5) is 0 Å². The summed E-state index contributed by atoms with van der Waals surface area (Å²) in [5.41, 5.74) is 1.33. The molecule has 0 saturated heterocycles. The Hall–Kier alpha value is -1.06. The predicted octanol–water partition coefficient (Wildman–Crippen LogP) is 2.54. The van der Waals surface area contributed by atoms with Gasteiger partial charge in [0.15, 0.2) is 0 Å². The summed E-state index contributed by atoms with van der Waals surface area (Å²) in [6.07, 6.45) is 1.04. The molecule has 1 aromatic rings. The number of aromatic hydroxyl groups is 1. The fourth-order valence-corrected chi connectivity index (χ4v) is 1.68. The van der Waals surface area contributed by atoms with Crippen molar-refractivity contribution in [1.82, 2.24) is 5.32 Å². The molecule has 0 saturated carbocycles. The summed E-state index contributed by atoms with van der Waals surface area (Å²) in [5, 5.41) is 12.8. The van der Waals surface area contributed by atoms with Crippen LogP contribution in [0.15, 0.2) is 24.3 Å². The van der Waals surface area contributed by atoms with Crippen molar-refractivity contribution in [2.75, 3.05) is 20.3 Å². The third-order valence-corrected chi connectivity index (χ3v) is 2.83. The first-order chi connectivity index (χ1) is 8.03. The average Bonchev–Trinajstić information content (AvgIpc) is 2.26. The van der Waals surface area contributed by atoms with Gasteiger partial charge in [-0.15, -0.1) is 0 Å². The highest BCUT2D eigenvalue weighted by Gasteiger charge is 2.16. The van der Waals surface area contributed by atoms with Gasteiger partial charge in [-0.1, -0.05) is 26.0 Å². The van der Waals surface area contributed by atoms with E-state index in [1.807, 2.05) is 12.1 Å². The highest BCUT2D eigenvalue weighted by Crippen LogP contribution is 2.19. The topological polar surface area (TPSA) is 41.5 Å². The monoisotopic (exact) mass is 237 g/mol. The van der Waals surface area contributed by atoms with Gasteiger partial charge < -0.3 is 15.2 Å². The molecule has 2 N–H and O–H groups in total. The van der Waals surface area contributed by atoms with Crippen molar-refractivity contribution in [3.05, 3.63) is 29.8 Å². The molecule has 17 heavy (non-hydrogen) atoms. The van der Waals surface area contributed by atoms with E-state index < -0.39 is 0 Å². The Morgan fingerprint density at radius 2 is 2.12 bits per heavy atom. The quantitative estimate of drug-likeness (QED) is 0.765. The summed E-state index contributed by atoms with van der Waals surface area (Å²) in [6.45, 7) is 6.96. The molecular formula is C14H23NO2. The largest absolute Gasteiger partial charge is 0.508 e. The molecule has 0 aromatic heterocycles. The molecule has 1 aromatic carbocycles. The van der Waals surface area contributed by atoms with Crippen molar-refractivity contribution in [2.45, 2.75) is 26.8 Å². The number of hydrogen-bond acceptors (Lipinski definition) is 3. The van der Waals surface area contributed by atoms with E-state index in [1.165, 1.54) is 0 Å². The molecule has 0 atom stereocenters. The Kier molecular flexibility index (Phi) is 5.45. The first-order valence-corrected chi connectivity index (χ1v) is 6.01. The lowest BCUT2D eigenvalue weighted by molar-refractivity contribution is 0.150. The molecule has 0 amide bonds. The van der Waals surface area contributed by atoms with Gasteiger partial charge in [0.2, 0.25) is 0 Å². The Labute approximate surface area is 104 Å². The average molecular weight is 237 g/mol. The number of phenolic OH excluding ortho intramolecular Hbond substituents is 1. The predicted molar refractivity (Wildman–Crippen MR) is 70.1 cm³/mol. The fraction of sp³-hybridized carbons (Fsp3) is 0.571. The van der Waals surface area contributed by atoms with Crippen molar-refractivity contribution >= 4 is 0 Å². The van der Waals surface area contributed by atoms with Crippen LogP contribution in [0.3, 0.4) is 0 Å². The molecule has 0 spiro atoms. The second-order valence-corrected chi connectivity index (χ2v) is 5.18. The number of benzene rings is 1. The molecule has 96 valence electrons. The number of nitrogens with one attached hydrogen (secondary N) is 1. The zero-order chi connectivity index (χ0) is 12.7. The number of methoxy groups -OCH3 is 1. The van der Waals surface area contributed by atoms with Gasteiger partial charge in [-0.05, 0) is 29.5 Å². The Morgan fingerprint density at radius 1 is 1.35 bits per heavy atom. The lowest BCUT2D eigenvalue weighted by Gasteiger charge is -2.24. The van der Waals surface area contributed by atoms with Crippen molar-refractivity contribution in [1.29, 1.82) is 0 Å². The molecule has 0 heterocycles. The van der Waals surface area contributed by atoms with Crippen LogP contribution in [0.2, 0.25) is 0 Å². The molecule has 0 bridgehead atoms. The van der Waals surface area contributed by atoms with Crippen LogP contribution in [-0.2, 0) is 11.3 Å². The maximum absolute atomic E-state index is 9.34. The minimum absolute atomic E-state index is 0.229. The number of hydrogen-bond donors (Lipinski definition) is 2. The molecule has 0 fully saturated rings. The van der Waals surface area contributed by atoms with Crippen molar-refractivity contribution in [3.63, 3.8) is 0 Å². The molecule has 0 aliphatic heterocycles. The van der Waals surface area contributed by atoms with Gasteiger partial charge in [0.1, 0.15) is 5.75 Å². The summed E-state index contributed by atoms with van der Waals surface area (Å²) in [4.78, 5) is 0. The maximum atomic E-state index is 9.34. The molecular weight excluding hydrogens is 214 g/mol. The van der Waals surface area contributed by atoms with Gasteiger partial charge in [0.05, 0.1) is 0 Å². The molecule has 3 nitrogen and oxygen atoms in total. The van der Waals surface area contributed by atoms with E-state index in [2.05, 4.69) is 19.2 Å². The van der Waals surface area contributed by atoms with E-state index in [4.69, 9.17) is 4.74 Å². The zero-order valence-corrected chi connectivity index (χ0v) is 11.0. The van der Waals surface area contributed by atoms with Crippen LogP contribution >= 0.6 is 0 Å². The number of rotatable bonds is 7. The number of ether oxygens (including phenoxy) is 1. The minimum atomic E-state index is 0.229. The summed E-state index contributed by atoms with van der Waals surface area (Å²) in [5.74, 6) is 0.322. The van der Waals surface area contributed by atoms with Gasteiger partial charge in [0.25, 0.3) is 0 Å². The van der Waals surface area contributed by atoms with Crippen LogP contribution in [0.25, 0.3) is 0 Å². The van der Waals surface area contributed by atoms with Gasteiger partial charge in [-0.3, -0.25) is 0 Å². The Balaban J connectivity index is 2.32. The van der Waals surface area contributed by atoms with E-state index in [9.17, 15) is 5.11 Å². The maximum Gasteiger partial charge on any atom is 0.115 e. The van der Waals surface area contributed by atoms with E-state index in [1.54, 1.807) is 19.2 Å². The normalized spacial score (nSPS) is 11.7. The van der Waals surface area contributed by atoms with Crippen LogP contribution in [0, 0.1) is 5.41 Å². The van der Waals surface area contributed by atoms with E-state index in [0.29, 0.717) is 5.75 Å². The van der Waals surface area contributed by atoms with E-state index >= 15 is 0 Å². The van der Waals surface area contributed by atoms with Gasteiger partial charge in [-0.2, -0.15) is 0 Å². The second kappa shape index (κ2) is 6.62. The highest BCUT2D eigenvalue weighted by atomic mass is 16.5. The number of phenols is 1. The lowest BCUT2D eigenvalue weighted by Crippen LogP contribution is -2.30. The second-order valence-electron chi connectivity index (χ2n) is 5.18. The molecule has 0 aliphatic carbocycles. The molecule has 0 unspecified atom stereocenters. The standard InChI is InChI=1S/C14H23NO2/c1-14(2,7-8-17-3)11-15-10-12-5-4-6-13(16)9-12/h4-6,9,15-16H,7-8,10-11H2,1-3H3. The van der Waals surface area contributed by atoms with Crippen LogP contribution < -0.4 is 5.32 Å². The van der Waals surface area contributed by atoms with E-state index in [0.717, 1.165) is 31.7 Å². The summed E-state index contributed by atoms with van der Waals surface area (Å²) >= 11 is 0. The third-order valence-electron chi connectivity index (χ3n) is 2.83.